The Morgan fingerprint density at radius 1 is 0.852 bits per heavy atom. The highest BCUT2D eigenvalue weighted by molar-refractivity contribution is 5.32. The van der Waals surface area contributed by atoms with Gasteiger partial charge >= 0.3 is 13.0 Å². The minimum atomic E-state index is -4.85. The lowest BCUT2D eigenvalue weighted by molar-refractivity contribution is -0.275. The SMILES string of the molecule is CC(C)c1ccc(F)c(OC(F)F)c1.Cc1ccc(F)c(OC(F)(F)F)c1. The predicted octanol–water partition coefficient (Wildman–Crippen LogP) is 6.58. The van der Waals surface area contributed by atoms with Crippen molar-refractivity contribution >= 4 is 0 Å². The maximum absolute atomic E-state index is 12.9. The molecule has 0 aliphatic carbocycles. The standard InChI is InChI=1S/C10H11F3O.C8H6F4O/c1-6(2)7-3-4-8(11)9(5-7)14-10(12)13;1-5-2-3-6(9)7(4-5)13-8(10,11)12/h3-6,10H,1-2H3;2-4H,1H3. The van der Waals surface area contributed by atoms with Gasteiger partial charge in [0.05, 0.1) is 0 Å². The van der Waals surface area contributed by atoms with Gasteiger partial charge in [-0.2, -0.15) is 8.78 Å². The molecule has 0 bridgehead atoms. The Labute approximate surface area is 151 Å². The highest BCUT2D eigenvalue weighted by Gasteiger charge is 2.32. The van der Waals surface area contributed by atoms with Crippen LogP contribution in [-0.2, 0) is 0 Å². The number of hydrogen-bond donors (Lipinski definition) is 0. The normalized spacial score (nSPS) is 11.3. The van der Waals surface area contributed by atoms with E-state index >= 15 is 0 Å². The summed E-state index contributed by atoms with van der Waals surface area (Å²) in [4.78, 5) is 0. The first-order chi connectivity index (χ1) is 12.4. The number of aryl methyl sites for hydroxylation is 1. The monoisotopic (exact) mass is 398 g/mol. The van der Waals surface area contributed by atoms with Crippen LogP contribution < -0.4 is 9.47 Å². The third-order valence-corrected chi connectivity index (χ3v) is 3.15. The minimum absolute atomic E-state index is 0.149. The van der Waals surface area contributed by atoms with Crippen LogP contribution in [0.3, 0.4) is 0 Å². The molecule has 0 unspecified atom stereocenters. The molecule has 0 radical (unpaired) electrons. The van der Waals surface area contributed by atoms with E-state index in [4.69, 9.17) is 0 Å². The Kier molecular flexibility index (Phi) is 7.93. The van der Waals surface area contributed by atoms with Gasteiger partial charge in [-0.3, -0.25) is 0 Å². The van der Waals surface area contributed by atoms with Gasteiger partial charge in [0.2, 0.25) is 0 Å². The van der Waals surface area contributed by atoms with Crippen molar-refractivity contribution in [3.8, 4) is 11.5 Å². The first kappa shape index (κ1) is 22.6. The van der Waals surface area contributed by atoms with Gasteiger partial charge < -0.3 is 9.47 Å². The summed E-state index contributed by atoms with van der Waals surface area (Å²) in [6, 6.07) is 7.26. The summed E-state index contributed by atoms with van der Waals surface area (Å²) in [7, 11) is 0. The average molecular weight is 398 g/mol. The maximum atomic E-state index is 12.9. The third kappa shape index (κ3) is 8.19. The van der Waals surface area contributed by atoms with E-state index in [1.54, 1.807) is 13.0 Å². The van der Waals surface area contributed by atoms with Gasteiger partial charge in [0.1, 0.15) is 0 Å². The topological polar surface area (TPSA) is 18.5 Å². The molecule has 2 nitrogen and oxygen atoms in total. The van der Waals surface area contributed by atoms with Gasteiger partial charge in [-0.15, -0.1) is 13.2 Å². The number of alkyl halides is 5. The number of benzene rings is 2. The van der Waals surface area contributed by atoms with E-state index in [2.05, 4.69) is 9.47 Å². The van der Waals surface area contributed by atoms with E-state index in [0.717, 1.165) is 23.8 Å². The molecule has 27 heavy (non-hydrogen) atoms. The highest BCUT2D eigenvalue weighted by atomic mass is 19.4. The number of halogens is 7. The van der Waals surface area contributed by atoms with Crippen molar-refractivity contribution in [3.63, 3.8) is 0 Å². The molecule has 2 aromatic rings. The van der Waals surface area contributed by atoms with Crippen LogP contribution in [0.15, 0.2) is 36.4 Å². The van der Waals surface area contributed by atoms with Crippen LogP contribution in [0.4, 0.5) is 30.7 Å². The van der Waals surface area contributed by atoms with E-state index in [-0.39, 0.29) is 5.92 Å². The van der Waals surface area contributed by atoms with Gasteiger partial charge in [-0.1, -0.05) is 26.0 Å². The molecular weight excluding hydrogens is 381 g/mol. The first-order valence-corrected chi connectivity index (χ1v) is 7.65. The van der Waals surface area contributed by atoms with Crippen molar-refractivity contribution in [1.82, 2.24) is 0 Å². The van der Waals surface area contributed by atoms with Crippen LogP contribution in [0, 0.1) is 18.6 Å². The molecule has 0 saturated carbocycles. The molecule has 150 valence electrons. The zero-order valence-corrected chi connectivity index (χ0v) is 14.6. The van der Waals surface area contributed by atoms with Crippen molar-refractivity contribution in [2.45, 2.75) is 39.7 Å². The van der Waals surface area contributed by atoms with Crippen LogP contribution in [0.5, 0.6) is 11.5 Å². The summed E-state index contributed by atoms with van der Waals surface area (Å²) in [6.45, 7) is 2.33. The van der Waals surface area contributed by atoms with Crippen LogP contribution in [0.1, 0.15) is 30.9 Å². The van der Waals surface area contributed by atoms with E-state index in [1.807, 2.05) is 13.8 Å². The van der Waals surface area contributed by atoms with Gasteiger partial charge in [0.15, 0.2) is 23.1 Å². The largest absolute Gasteiger partial charge is 0.573 e. The Balaban J connectivity index is 0.000000271. The summed E-state index contributed by atoms with van der Waals surface area (Å²) in [5, 5.41) is 0. The summed E-state index contributed by atoms with van der Waals surface area (Å²) in [5.74, 6) is -2.84. The summed E-state index contributed by atoms with van der Waals surface area (Å²) < 4.78 is 91.8. The third-order valence-electron chi connectivity index (χ3n) is 3.15. The zero-order chi connectivity index (χ0) is 20.8. The fraction of sp³-hybridized carbons (Fsp3) is 0.333. The quantitative estimate of drug-likeness (QED) is 0.542. The molecule has 0 saturated heterocycles. The molecule has 0 amide bonds. The molecule has 2 rings (SSSR count). The molecule has 0 atom stereocenters. The Morgan fingerprint density at radius 2 is 1.41 bits per heavy atom. The molecule has 2 aromatic carbocycles. The van der Waals surface area contributed by atoms with Crippen LogP contribution in [0.2, 0.25) is 0 Å². The van der Waals surface area contributed by atoms with E-state index in [1.165, 1.54) is 12.1 Å². The first-order valence-electron chi connectivity index (χ1n) is 7.65. The van der Waals surface area contributed by atoms with E-state index in [0.29, 0.717) is 5.56 Å². The number of rotatable bonds is 4. The van der Waals surface area contributed by atoms with E-state index in [9.17, 15) is 30.7 Å². The molecule has 0 fully saturated rings. The minimum Gasteiger partial charge on any atom is -0.432 e. The van der Waals surface area contributed by atoms with Gasteiger partial charge in [-0.05, 0) is 48.2 Å². The molecule has 0 N–H and O–H groups in total. The van der Waals surface area contributed by atoms with Gasteiger partial charge in [0.25, 0.3) is 0 Å². The summed E-state index contributed by atoms with van der Waals surface area (Å²) in [6.07, 6.45) is -4.85. The van der Waals surface area contributed by atoms with Gasteiger partial charge in [0, 0.05) is 0 Å². The lowest BCUT2D eigenvalue weighted by Crippen LogP contribution is -2.17. The predicted molar refractivity (Wildman–Crippen MR) is 84.9 cm³/mol. The summed E-state index contributed by atoms with van der Waals surface area (Å²) in [5.41, 5.74) is 1.27. The molecule has 9 heteroatoms. The Morgan fingerprint density at radius 3 is 1.93 bits per heavy atom. The molecule has 0 heterocycles. The fourth-order valence-electron chi connectivity index (χ4n) is 1.88. The fourth-order valence-corrected chi connectivity index (χ4v) is 1.88. The van der Waals surface area contributed by atoms with Crippen molar-refractivity contribution in [1.29, 1.82) is 0 Å². The summed E-state index contributed by atoms with van der Waals surface area (Å²) >= 11 is 0. The molecule has 0 aromatic heterocycles. The maximum Gasteiger partial charge on any atom is 0.573 e. The highest BCUT2D eigenvalue weighted by Crippen LogP contribution is 2.26. The van der Waals surface area contributed by atoms with Crippen molar-refractivity contribution < 1.29 is 40.2 Å². The van der Waals surface area contributed by atoms with Crippen molar-refractivity contribution in [3.05, 3.63) is 59.2 Å². The lowest BCUT2D eigenvalue weighted by atomic mass is 10.0. The number of ether oxygens (including phenoxy) is 2. The van der Waals surface area contributed by atoms with Gasteiger partial charge in [-0.25, -0.2) is 8.78 Å². The van der Waals surface area contributed by atoms with Crippen molar-refractivity contribution in [2.24, 2.45) is 0 Å². The molecule has 0 aliphatic heterocycles. The smallest absolute Gasteiger partial charge is 0.432 e. The molecule has 0 aliphatic rings. The van der Waals surface area contributed by atoms with Crippen LogP contribution >= 0.6 is 0 Å². The second kappa shape index (κ2) is 9.48. The Hall–Kier alpha value is -2.45. The Bertz CT molecular complexity index is 743. The average Bonchev–Trinajstić information content (AvgIpc) is 2.51. The molecule has 0 spiro atoms. The lowest BCUT2D eigenvalue weighted by Gasteiger charge is -2.09. The number of hydrogen-bond acceptors (Lipinski definition) is 2. The van der Waals surface area contributed by atoms with Crippen LogP contribution in [0.25, 0.3) is 0 Å². The molecular formula is C18H17F7O2. The second-order valence-corrected chi connectivity index (χ2v) is 5.70. The zero-order valence-electron chi connectivity index (χ0n) is 14.6. The van der Waals surface area contributed by atoms with E-state index < -0.39 is 36.1 Å². The van der Waals surface area contributed by atoms with Crippen molar-refractivity contribution in [2.75, 3.05) is 0 Å². The van der Waals surface area contributed by atoms with Crippen LogP contribution in [-0.4, -0.2) is 13.0 Å². The second-order valence-electron chi connectivity index (χ2n) is 5.70.